The molecule has 1 aromatic rings. The number of carbonyl (C=O) groups is 1. The molecule has 5 nitrogen and oxygen atoms in total. The molecule has 0 aliphatic carbocycles. The number of nitrogens with zero attached hydrogens (tertiary/aromatic N) is 1. The number of nitrogens with one attached hydrogen (secondary N) is 2. The SMILES string of the molecule is COCC1(C(=O)NCc2ncccc2C)CCNCC1. The Morgan fingerprint density at radius 3 is 2.90 bits per heavy atom. The molecule has 1 aromatic heterocycles. The van der Waals surface area contributed by atoms with Gasteiger partial charge in [-0.2, -0.15) is 0 Å². The average molecular weight is 277 g/mol. The number of piperidine rings is 1. The van der Waals surface area contributed by atoms with Crippen LogP contribution >= 0.6 is 0 Å². The Balaban J connectivity index is 2.00. The van der Waals surface area contributed by atoms with Gasteiger partial charge in [0.2, 0.25) is 5.91 Å². The van der Waals surface area contributed by atoms with Crippen molar-refractivity contribution >= 4 is 5.91 Å². The van der Waals surface area contributed by atoms with E-state index in [0.29, 0.717) is 13.2 Å². The van der Waals surface area contributed by atoms with Crippen molar-refractivity contribution < 1.29 is 9.53 Å². The van der Waals surface area contributed by atoms with Gasteiger partial charge in [0, 0.05) is 13.3 Å². The molecule has 5 heteroatoms. The summed E-state index contributed by atoms with van der Waals surface area (Å²) in [5.74, 6) is 0.0749. The highest BCUT2D eigenvalue weighted by Gasteiger charge is 2.39. The number of rotatable bonds is 5. The Morgan fingerprint density at radius 2 is 2.25 bits per heavy atom. The van der Waals surface area contributed by atoms with Gasteiger partial charge in [0.25, 0.3) is 0 Å². The zero-order valence-electron chi connectivity index (χ0n) is 12.2. The second-order valence-corrected chi connectivity index (χ2v) is 5.41. The maximum absolute atomic E-state index is 12.5. The number of carbonyl (C=O) groups excluding carboxylic acids is 1. The molecule has 0 saturated carbocycles. The summed E-state index contributed by atoms with van der Waals surface area (Å²) >= 11 is 0. The lowest BCUT2D eigenvalue weighted by Gasteiger charge is -2.35. The summed E-state index contributed by atoms with van der Waals surface area (Å²) in [6, 6.07) is 3.91. The van der Waals surface area contributed by atoms with Crippen molar-refractivity contribution in [3.05, 3.63) is 29.6 Å². The van der Waals surface area contributed by atoms with Gasteiger partial charge in [-0.15, -0.1) is 0 Å². The summed E-state index contributed by atoms with van der Waals surface area (Å²) in [5.41, 5.74) is 1.61. The van der Waals surface area contributed by atoms with Crippen LogP contribution < -0.4 is 10.6 Å². The van der Waals surface area contributed by atoms with Crippen LogP contribution in [0.2, 0.25) is 0 Å². The lowest BCUT2D eigenvalue weighted by molar-refractivity contribution is -0.136. The monoisotopic (exact) mass is 277 g/mol. The molecule has 0 unspecified atom stereocenters. The third-order valence-electron chi connectivity index (χ3n) is 4.00. The van der Waals surface area contributed by atoms with Gasteiger partial charge in [0.05, 0.1) is 24.3 Å². The smallest absolute Gasteiger partial charge is 0.228 e. The van der Waals surface area contributed by atoms with Gasteiger partial charge in [-0.3, -0.25) is 9.78 Å². The predicted octanol–water partition coefficient (Wildman–Crippen LogP) is 1.02. The van der Waals surface area contributed by atoms with Gasteiger partial charge in [-0.05, 0) is 44.5 Å². The van der Waals surface area contributed by atoms with Gasteiger partial charge in [0.15, 0.2) is 0 Å². The Kier molecular flexibility index (Phi) is 5.09. The zero-order valence-corrected chi connectivity index (χ0v) is 12.2. The van der Waals surface area contributed by atoms with Gasteiger partial charge in [-0.1, -0.05) is 6.07 Å². The van der Waals surface area contributed by atoms with Crippen LogP contribution in [0.3, 0.4) is 0 Å². The molecule has 20 heavy (non-hydrogen) atoms. The third-order valence-corrected chi connectivity index (χ3v) is 4.00. The summed E-state index contributed by atoms with van der Waals surface area (Å²) < 4.78 is 5.28. The topological polar surface area (TPSA) is 63.2 Å². The minimum absolute atomic E-state index is 0.0749. The molecule has 0 bridgehead atoms. The minimum Gasteiger partial charge on any atom is -0.384 e. The lowest BCUT2D eigenvalue weighted by atomic mass is 9.78. The molecule has 0 atom stereocenters. The first kappa shape index (κ1) is 14.9. The highest BCUT2D eigenvalue weighted by atomic mass is 16.5. The molecule has 110 valence electrons. The van der Waals surface area contributed by atoms with Gasteiger partial charge in [-0.25, -0.2) is 0 Å². The molecule has 2 rings (SSSR count). The molecule has 2 N–H and O–H groups in total. The van der Waals surface area contributed by atoms with Crippen molar-refractivity contribution in [2.75, 3.05) is 26.8 Å². The van der Waals surface area contributed by atoms with E-state index in [1.54, 1.807) is 13.3 Å². The van der Waals surface area contributed by atoms with Gasteiger partial charge in [0.1, 0.15) is 0 Å². The van der Waals surface area contributed by atoms with Crippen LogP contribution in [0.25, 0.3) is 0 Å². The fourth-order valence-corrected chi connectivity index (χ4v) is 2.67. The van der Waals surface area contributed by atoms with E-state index >= 15 is 0 Å². The number of pyridine rings is 1. The molecule has 0 radical (unpaired) electrons. The summed E-state index contributed by atoms with van der Waals surface area (Å²) in [5, 5.41) is 6.31. The predicted molar refractivity (Wildman–Crippen MR) is 77.2 cm³/mol. The Labute approximate surface area is 120 Å². The first-order valence-electron chi connectivity index (χ1n) is 7.06. The van der Waals surface area contributed by atoms with Crippen LogP contribution in [0, 0.1) is 12.3 Å². The Bertz CT molecular complexity index is 451. The number of ether oxygens (including phenoxy) is 1. The van der Waals surface area contributed by atoms with Crippen molar-refractivity contribution in [3.63, 3.8) is 0 Å². The first-order chi connectivity index (χ1) is 9.68. The molecular weight excluding hydrogens is 254 g/mol. The van der Waals surface area contributed by atoms with E-state index in [2.05, 4.69) is 15.6 Å². The third kappa shape index (κ3) is 3.35. The van der Waals surface area contributed by atoms with E-state index in [-0.39, 0.29) is 5.91 Å². The van der Waals surface area contributed by atoms with E-state index in [1.807, 2.05) is 19.1 Å². The van der Waals surface area contributed by atoms with E-state index in [9.17, 15) is 4.79 Å². The summed E-state index contributed by atoms with van der Waals surface area (Å²) in [6.07, 6.45) is 3.38. The summed E-state index contributed by atoms with van der Waals surface area (Å²) in [7, 11) is 1.65. The number of aromatic nitrogens is 1. The van der Waals surface area contributed by atoms with Crippen molar-refractivity contribution in [3.8, 4) is 0 Å². The highest BCUT2D eigenvalue weighted by Crippen LogP contribution is 2.29. The maximum atomic E-state index is 12.5. The van der Waals surface area contributed by atoms with Crippen LogP contribution in [0.4, 0.5) is 0 Å². The number of hydrogen-bond acceptors (Lipinski definition) is 4. The molecular formula is C15H23N3O2. The average Bonchev–Trinajstić information content (AvgIpc) is 2.47. The van der Waals surface area contributed by atoms with Crippen molar-refractivity contribution in [2.45, 2.75) is 26.3 Å². The highest BCUT2D eigenvalue weighted by molar-refractivity contribution is 5.83. The molecule has 1 amide bonds. The number of methoxy groups -OCH3 is 1. The van der Waals surface area contributed by atoms with Crippen molar-refractivity contribution in [1.82, 2.24) is 15.6 Å². The Morgan fingerprint density at radius 1 is 1.50 bits per heavy atom. The Hall–Kier alpha value is -1.46. The van der Waals surface area contributed by atoms with E-state index in [0.717, 1.165) is 37.2 Å². The van der Waals surface area contributed by atoms with Crippen LogP contribution in [-0.4, -0.2) is 37.7 Å². The van der Waals surface area contributed by atoms with E-state index < -0.39 is 5.41 Å². The molecule has 1 saturated heterocycles. The van der Waals surface area contributed by atoms with Crippen molar-refractivity contribution in [1.29, 1.82) is 0 Å². The largest absolute Gasteiger partial charge is 0.384 e. The van der Waals surface area contributed by atoms with Gasteiger partial charge < -0.3 is 15.4 Å². The first-order valence-corrected chi connectivity index (χ1v) is 7.06. The number of aryl methyl sites for hydroxylation is 1. The number of hydrogen-bond donors (Lipinski definition) is 2. The van der Waals surface area contributed by atoms with E-state index in [1.165, 1.54) is 0 Å². The molecule has 0 aromatic carbocycles. The quantitative estimate of drug-likeness (QED) is 0.843. The molecule has 0 spiro atoms. The second-order valence-electron chi connectivity index (χ2n) is 5.41. The van der Waals surface area contributed by atoms with Crippen molar-refractivity contribution in [2.24, 2.45) is 5.41 Å². The maximum Gasteiger partial charge on any atom is 0.228 e. The summed E-state index contributed by atoms with van der Waals surface area (Å²) in [4.78, 5) is 16.9. The number of amides is 1. The van der Waals surface area contributed by atoms with E-state index in [4.69, 9.17) is 4.74 Å². The summed E-state index contributed by atoms with van der Waals surface area (Å²) in [6.45, 7) is 4.68. The van der Waals surface area contributed by atoms with Crippen LogP contribution in [0.5, 0.6) is 0 Å². The normalized spacial score (nSPS) is 17.7. The second kappa shape index (κ2) is 6.81. The van der Waals surface area contributed by atoms with Crippen LogP contribution in [-0.2, 0) is 16.1 Å². The molecule has 1 fully saturated rings. The minimum atomic E-state index is -0.400. The van der Waals surface area contributed by atoms with Gasteiger partial charge >= 0.3 is 0 Å². The molecule has 2 heterocycles. The van der Waals surface area contributed by atoms with Crippen LogP contribution in [0.15, 0.2) is 18.3 Å². The lowest BCUT2D eigenvalue weighted by Crippen LogP contribution is -2.50. The van der Waals surface area contributed by atoms with Crippen LogP contribution in [0.1, 0.15) is 24.1 Å². The standard InChI is InChI=1S/C15H23N3O2/c1-12-4-3-7-17-13(12)10-18-14(19)15(11-20-2)5-8-16-9-6-15/h3-4,7,16H,5-6,8-11H2,1-2H3,(H,18,19). The fraction of sp³-hybridized carbons (Fsp3) is 0.600. The molecule has 1 aliphatic rings. The zero-order chi connectivity index (χ0) is 14.4. The fourth-order valence-electron chi connectivity index (χ4n) is 2.67. The molecule has 1 aliphatic heterocycles.